The molecular weight excluding hydrogens is 234 g/mol. The lowest BCUT2D eigenvalue weighted by atomic mass is 9.92. The Hall–Kier alpha value is -0.860. The normalized spacial score (nSPS) is 20.0. The first kappa shape index (κ1) is 14.5. The number of fused-ring (bicyclic) bond motifs is 1. The number of rotatable bonds is 7. The Balaban J connectivity index is 2.01. The summed E-state index contributed by atoms with van der Waals surface area (Å²) in [6.45, 7) is 6.36. The van der Waals surface area contributed by atoms with Crippen LogP contribution in [0, 0.1) is 0 Å². The molecule has 1 aliphatic rings. The van der Waals surface area contributed by atoms with Crippen LogP contribution in [0.15, 0.2) is 24.3 Å². The molecule has 2 heteroatoms. The van der Waals surface area contributed by atoms with Gasteiger partial charge >= 0.3 is 0 Å². The highest BCUT2D eigenvalue weighted by Crippen LogP contribution is 2.31. The van der Waals surface area contributed by atoms with E-state index in [2.05, 4.69) is 43.4 Å². The first-order chi connectivity index (χ1) is 9.35. The van der Waals surface area contributed by atoms with E-state index in [1.165, 1.54) is 30.4 Å². The minimum absolute atomic E-state index is 0.283. The third-order valence-corrected chi connectivity index (χ3v) is 3.99. The smallest absolute Gasteiger partial charge is 0.0842 e. The fraction of sp³-hybridized carbons (Fsp3) is 0.647. The van der Waals surface area contributed by atoms with E-state index in [0.29, 0.717) is 6.04 Å². The molecule has 2 nitrogen and oxygen atoms in total. The van der Waals surface area contributed by atoms with Crippen LogP contribution in [0.3, 0.4) is 0 Å². The van der Waals surface area contributed by atoms with Gasteiger partial charge in [-0.2, -0.15) is 0 Å². The Kier molecular flexibility index (Phi) is 5.87. The van der Waals surface area contributed by atoms with Crippen LogP contribution >= 0.6 is 0 Å². The summed E-state index contributed by atoms with van der Waals surface area (Å²) in [4.78, 5) is 0. The van der Waals surface area contributed by atoms with Crippen molar-refractivity contribution in [3.63, 3.8) is 0 Å². The molecule has 2 atom stereocenters. The third kappa shape index (κ3) is 4.05. The van der Waals surface area contributed by atoms with Gasteiger partial charge < -0.3 is 10.1 Å². The minimum atomic E-state index is 0.283. The summed E-state index contributed by atoms with van der Waals surface area (Å²) in [5, 5.41) is 3.62. The summed E-state index contributed by atoms with van der Waals surface area (Å²) in [7, 11) is 0. The zero-order chi connectivity index (χ0) is 13.5. The maximum atomic E-state index is 6.02. The molecule has 2 unspecified atom stereocenters. The zero-order valence-electron chi connectivity index (χ0n) is 12.3. The molecule has 0 saturated heterocycles. The summed E-state index contributed by atoms with van der Waals surface area (Å²) >= 11 is 0. The number of hydrogen-bond donors (Lipinski definition) is 1. The molecule has 1 aliphatic heterocycles. The van der Waals surface area contributed by atoms with Gasteiger partial charge in [0.1, 0.15) is 0 Å². The molecule has 0 amide bonds. The maximum Gasteiger partial charge on any atom is 0.0842 e. The Labute approximate surface area is 117 Å². The van der Waals surface area contributed by atoms with E-state index >= 15 is 0 Å². The van der Waals surface area contributed by atoms with Gasteiger partial charge in [0.15, 0.2) is 0 Å². The van der Waals surface area contributed by atoms with Crippen LogP contribution in [0.4, 0.5) is 0 Å². The molecule has 1 aromatic carbocycles. The average molecular weight is 261 g/mol. The molecule has 0 radical (unpaired) electrons. The standard InChI is InChI=1S/C17H27NO/c1-3-5-9-15(18-4-2)13-17-16-10-7-6-8-14(16)11-12-19-17/h6-8,10,15,17-18H,3-5,9,11-13H2,1-2H3. The van der Waals surface area contributed by atoms with Crippen LogP contribution in [0.2, 0.25) is 0 Å². The predicted molar refractivity (Wildman–Crippen MR) is 80.4 cm³/mol. The van der Waals surface area contributed by atoms with E-state index in [4.69, 9.17) is 4.74 Å². The van der Waals surface area contributed by atoms with Gasteiger partial charge in [-0.1, -0.05) is 51.0 Å². The van der Waals surface area contributed by atoms with Crippen molar-refractivity contribution in [2.45, 2.75) is 58.1 Å². The average Bonchev–Trinajstić information content (AvgIpc) is 2.45. The molecule has 0 fully saturated rings. The first-order valence-corrected chi connectivity index (χ1v) is 7.78. The van der Waals surface area contributed by atoms with Gasteiger partial charge in [0, 0.05) is 6.04 Å². The Bertz CT molecular complexity index is 377. The van der Waals surface area contributed by atoms with Gasteiger partial charge in [-0.05, 0) is 36.9 Å². The highest BCUT2D eigenvalue weighted by atomic mass is 16.5. The van der Waals surface area contributed by atoms with Crippen molar-refractivity contribution in [2.24, 2.45) is 0 Å². The van der Waals surface area contributed by atoms with Crippen LogP contribution in [-0.4, -0.2) is 19.2 Å². The molecule has 19 heavy (non-hydrogen) atoms. The second-order valence-electron chi connectivity index (χ2n) is 5.44. The fourth-order valence-corrected chi connectivity index (χ4v) is 2.97. The topological polar surface area (TPSA) is 21.3 Å². The van der Waals surface area contributed by atoms with Crippen molar-refractivity contribution in [1.82, 2.24) is 5.32 Å². The highest BCUT2D eigenvalue weighted by molar-refractivity contribution is 5.31. The summed E-state index contributed by atoms with van der Waals surface area (Å²) in [5.41, 5.74) is 2.89. The molecule has 1 heterocycles. The van der Waals surface area contributed by atoms with E-state index in [9.17, 15) is 0 Å². The minimum Gasteiger partial charge on any atom is -0.373 e. The molecule has 2 rings (SSSR count). The highest BCUT2D eigenvalue weighted by Gasteiger charge is 2.23. The lowest BCUT2D eigenvalue weighted by Gasteiger charge is -2.29. The predicted octanol–water partition coefficient (Wildman–Crippen LogP) is 3.86. The van der Waals surface area contributed by atoms with Crippen molar-refractivity contribution < 1.29 is 4.74 Å². The largest absolute Gasteiger partial charge is 0.373 e. The van der Waals surface area contributed by atoms with Gasteiger partial charge in [0.2, 0.25) is 0 Å². The lowest BCUT2D eigenvalue weighted by molar-refractivity contribution is 0.0288. The quantitative estimate of drug-likeness (QED) is 0.804. The number of unbranched alkanes of at least 4 members (excludes halogenated alkanes) is 1. The fourth-order valence-electron chi connectivity index (χ4n) is 2.97. The second-order valence-corrected chi connectivity index (χ2v) is 5.44. The second kappa shape index (κ2) is 7.66. The molecule has 0 aliphatic carbocycles. The number of benzene rings is 1. The van der Waals surface area contributed by atoms with Gasteiger partial charge in [-0.25, -0.2) is 0 Å². The van der Waals surface area contributed by atoms with Crippen LogP contribution in [0.5, 0.6) is 0 Å². The molecule has 0 aromatic heterocycles. The van der Waals surface area contributed by atoms with Gasteiger partial charge in [-0.15, -0.1) is 0 Å². The van der Waals surface area contributed by atoms with Crippen molar-refractivity contribution in [2.75, 3.05) is 13.2 Å². The van der Waals surface area contributed by atoms with Gasteiger partial charge in [0.05, 0.1) is 12.7 Å². The van der Waals surface area contributed by atoms with Crippen molar-refractivity contribution in [3.8, 4) is 0 Å². The number of nitrogens with one attached hydrogen (secondary N) is 1. The molecule has 0 saturated carbocycles. The Morgan fingerprint density at radius 2 is 2.16 bits per heavy atom. The van der Waals surface area contributed by atoms with Gasteiger partial charge in [0.25, 0.3) is 0 Å². The maximum absolute atomic E-state index is 6.02. The summed E-state index contributed by atoms with van der Waals surface area (Å²) in [5.74, 6) is 0. The Morgan fingerprint density at radius 1 is 1.32 bits per heavy atom. The van der Waals surface area contributed by atoms with E-state index in [-0.39, 0.29) is 6.10 Å². The van der Waals surface area contributed by atoms with Crippen molar-refractivity contribution in [3.05, 3.63) is 35.4 Å². The van der Waals surface area contributed by atoms with E-state index in [1.54, 1.807) is 0 Å². The zero-order valence-corrected chi connectivity index (χ0v) is 12.3. The van der Waals surface area contributed by atoms with E-state index < -0.39 is 0 Å². The molecule has 1 aromatic rings. The Morgan fingerprint density at radius 3 is 2.95 bits per heavy atom. The SMILES string of the molecule is CCCCC(CC1OCCc2ccccc21)NCC. The molecule has 0 bridgehead atoms. The van der Waals surface area contributed by atoms with E-state index in [1.807, 2.05) is 0 Å². The summed E-state index contributed by atoms with van der Waals surface area (Å²) in [6, 6.07) is 9.34. The number of ether oxygens (including phenoxy) is 1. The third-order valence-electron chi connectivity index (χ3n) is 3.99. The van der Waals surface area contributed by atoms with Crippen LogP contribution < -0.4 is 5.32 Å². The van der Waals surface area contributed by atoms with Crippen LogP contribution in [-0.2, 0) is 11.2 Å². The number of hydrogen-bond acceptors (Lipinski definition) is 2. The molecule has 106 valence electrons. The van der Waals surface area contributed by atoms with Crippen molar-refractivity contribution >= 4 is 0 Å². The van der Waals surface area contributed by atoms with Crippen molar-refractivity contribution in [1.29, 1.82) is 0 Å². The monoisotopic (exact) mass is 261 g/mol. The molecule has 0 spiro atoms. The molecule has 1 N–H and O–H groups in total. The first-order valence-electron chi connectivity index (χ1n) is 7.78. The van der Waals surface area contributed by atoms with Gasteiger partial charge in [-0.3, -0.25) is 0 Å². The van der Waals surface area contributed by atoms with Crippen LogP contribution in [0.25, 0.3) is 0 Å². The summed E-state index contributed by atoms with van der Waals surface area (Å²) in [6.07, 6.45) is 6.27. The summed E-state index contributed by atoms with van der Waals surface area (Å²) < 4.78 is 6.02. The van der Waals surface area contributed by atoms with Crippen LogP contribution in [0.1, 0.15) is 56.8 Å². The lowest BCUT2D eigenvalue weighted by Crippen LogP contribution is -2.32. The molecular formula is C17H27NO. The van der Waals surface area contributed by atoms with E-state index in [0.717, 1.165) is 26.0 Å².